The maximum Gasteiger partial charge on any atom is 0.231 e. The predicted octanol–water partition coefficient (Wildman–Crippen LogP) is 1.06. The normalized spacial score (nSPS) is 10.8. The van der Waals surface area contributed by atoms with Crippen LogP contribution < -0.4 is 11.5 Å². The summed E-state index contributed by atoms with van der Waals surface area (Å²) in [4.78, 5) is 13.0. The Labute approximate surface area is 107 Å². The zero-order chi connectivity index (χ0) is 13.5. The van der Waals surface area contributed by atoms with Crippen LogP contribution in [0.3, 0.4) is 0 Å². The summed E-state index contributed by atoms with van der Waals surface area (Å²) in [6, 6.07) is 5.08. The number of carbonyl (C=O) groups excluding carboxylic acids is 1. The fourth-order valence-electron chi connectivity index (χ4n) is 1.78. The lowest BCUT2D eigenvalue weighted by Crippen LogP contribution is -2.34. The van der Waals surface area contributed by atoms with Crippen molar-refractivity contribution in [2.24, 2.45) is 5.73 Å². The van der Waals surface area contributed by atoms with Crippen LogP contribution in [0.25, 0.3) is 0 Å². The van der Waals surface area contributed by atoms with E-state index in [0.29, 0.717) is 12.2 Å². The van der Waals surface area contributed by atoms with Gasteiger partial charge in [-0.15, -0.1) is 0 Å². The quantitative estimate of drug-likeness (QED) is 0.499. The monoisotopic (exact) mass is 251 g/mol. The van der Waals surface area contributed by atoms with Gasteiger partial charge < -0.3 is 16.6 Å². The molecule has 0 aliphatic rings. The number of unbranched alkanes of at least 4 members (excludes halogenated alkanes) is 1. The van der Waals surface area contributed by atoms with Gasteiger partial charge in [-0.05, 0) is 30.7 Å². The molecule has 5 nitrogen and oxygen atoms in total. The third-order valence-corrected chi connectivity index (χ3v) is 2.71. The Bertz CT molecular complexity index is 407. The van der Waals surface area contributed by atoms with Crippen LogP contribution in [-0.2, 0) is 11.3 Å². The van der Waals surface area contributed by atoms with Gasteiger partial charge >= 0.3 is 0 Å². The first kappa shape index (κ1) is 14.3. The molecule has 0 fully saturated rings. The molecule has 1 aromatic rings. The summed E-state index contributed by atoms with van der Waals surface area (Å²) >= 11 is 0. The van der Waals surface area contributed by atoms with Crippen LogP contribution in [-0.4, -0.2) is 29.0 Å². The standard InChI is InChI=1S/C13H21N3O2/c1-2-3-6-16(9-13(15)18)8-10-4-5-12(17)11(14)7-10/h4-5,7,17H,2-3,6,8-9,14H2,1H3,(H2,15,18). The topological polar surface area (TPSA) is 92.6 Å². The summed E-state index contributed by atoms with van der Waals surface area (Å²) < 4.78 is 0. The van der Waals surface area contributed by atoms with E-state index in [2.05, 4.69) is 6.92 Å². The van der Waals surface area contributed by atoms with Crippen LogP contribution in [0.2, 0.25) is 0 Å². The first-order valence-corrected chi connectivity index (χ1v) is 6.11. The Morgan fingerprint density at radius 1 is 1.44 bits per heavy atom. The van der Waals surface area contributed by atoms with Gasteiger partial charge in [-0.25, -0.2) is 0 Å². The lowest BCUT2D eigenvalue weighted by Gasteiger charge is -2.20. The van der Waals surface area contributed by atoms with E-state index in [-0.39, 0.29) is 18.2 Å². The van der Waals surface area contributed by atoms with Crippen LogP contribution in [0.1, 0.15) is 25.3 Å². The SMILES string of the molecule is CCCCN(CC(N)=O)Cc1ccc(O)c(N)c1. The molecule has 1 rings (SSSR count). The molecule has 0 radical (unpaired) electrons. The summed E-state index contributed by atoms with van der Waals surface area (Å²) in [6.45, 7) is 3.76. The van der Waals surface area contributed by atoms with Crippen LogP contribution in [0.5, 0.6) is 5.75 Å². The molecule has 0 bridgehead atoms. The molecular formula is C13H21N3O2. The molecule has 0 unspecified atom stereocenters. The number of nitrogens with two attached hydrogens (primary N) is 2. The summed E-state index contributed by atoms with van der Waals surface area (Å²) in [7, 11) is 0. The Morgan fingerprint density at radius 2 is 2.17 bits per heavy atom. The third-order valence-electron chi connectivity index (χ3n) is 2.71. The van der Waals surface area contributed by atoms with Crippen molar-refractivity contribution < 1.29 is 9.90 Å². The number of hydrogen-bond acceptors (Lipinski definition) is 4. The first-order chi connectivity index (χ1) is 8.52. The van der Waals surface area contributed by atoms with Gasteiger partial charge in [0.2, 0.25) is 5.91 Å². The van der Waals surface area contributed by atoms with E-state index in [4.69, 9.17) is 11.5 Å². The van der Waals surface area contributed by atoms with Crippen LogP contribution >= 0.6 is 0 Å². The van der Waals surface area contributed by atoms with E-state index in [1.54, 1.807) is 18.2 Å². The minimum absolute atomic E-state index is 0.0776. The number of phenolic OH excluding ortho intramolecular Hbond substituents is 1. The van der Waals surface area contributed by atoms with Crippen LogP contribution in [0.4, 0.5) is 5.69 Å². The van der Waals surface area contributed by atoms with Gasteiger partial charge in [0, 0.05) is 6.54 Å². The number of amides is 1. The zero-order valence-corrected chi connectivity index (χ0v) is 10.7. The second-order valence-electron chi connectivity index (χ2n) is 4.42. The number of benzene rings is 1. The highest BCUT2D eigenvalue weighted by atomic mass is 16.3. The van der Waals surface area contributed by atoms with Gasteiger partial charge in [0.15, 0.2) is 0 Å². The lowest BCUT2D eigenvalue weighted by molar-refractivity contribution is -0.119. The Balaban J connectivity index is 2.68. The van der Waals surface area contributed by atoms with Crippen molar-refractivity contribution >= 4 is 11.6 Å². The van der Waals surface area contributed by atoms with Gasteiger partial charge in [0.05, 0.1) is 12.2 Å². The molecule has 0 saturated carbocycles. The van der Waals surface area contributed by atoms with Gasteiger partial charge in [-0.2, -0.15) is 0 Å². The molecule has 0 heterocycles. The number of carbonyl (C=O) groups is 1. The fraction of sp³-hybridized carbons (Fsp3) is 0.462. The minimum atomic E-state index is -0.335. The average Bonchev–Trinajstić information content (AvgIpc) is 2.30. The molecule has 5 heteroatoms. The second kappa shape index (κ2) is 6.86. The van der Waals surface area contributed by atoms with E-state index < -0.39 is 0 Å². The number of anilines is 1. The summed E-state index contributed by atoms with van der Waals surface area (Å²) in [5.74, 6) is -0.258. The maximum atomic E-state index is 11.0. The number of hydrogen-bond donors (Lipinski definition) is 3. The van der Waals surface area contributed by atoms with Crippen LogP contribution in [0.15, 0.2) is 18.2 Å². The molecule has 18 heavy (non-hydrogen) atoms. The molecule has 0 saturated heterocycles. The summed E-state index contributed by atoms with van der Waals surface area (Å²) in [6.07, 6.45) is 2.08. The third kappa shape index (κ3) is 4.63. The highest BCUT2D eigenvalue weighted by Crippen LogP contribution is 2.21. The second-order valence-corrected chi connectivity index (χ2v) is 4.42. The van der Waals surface area contributed by atoms with E-state index in [0.717, 1.165) is 24.9 Å². The van der Waals surface area contributed by atoms with Crippen molar-refractivity contribution in [3.05, 3.63) is 23.8 Å². The van der Waals surface area contributed by atoms with E-state index >= 15 is 0 Å². The van der Waals surface area contributed by atoms with Gasteiger partial charge in [-0.3, -0.25) is 9.69 Å². The molecule has 100 valence electrons. The molecule has 0 spiro atoms. The van der Waals surface area contributed by atoms with Crippen molar-refractivity contribution in [1.29, 1.82) is 0 Å². The largest absolute Gasteiger partial charge is 0.506 e. The fourth-order valence-corrected chi connectivity index (χ4v) is 1.78. The van der Waals surface area contributed by atoms with Crippen molar-refractivity contribution in [3.8, 4) is 5.75 Å². The lowest BCUT2D eigenvalue weighted by atomic mass is 10.1. The van der Waals surface area contributed by atoms with E-state index in [1.807, 2.05) is 4.90 Å². The van der Waals surface area contributed by atoms with Gasteiger partial charge in [0.25, 0.3) is 0 Å². The molecule has 0 atom stereocenters. The van der Waals surface area contributed by atoms with E-state index in [9.17, 15) is 9.90 Å². The minimum Gasteiger partial charge on any atom is -0.506 e. The number of nitrogens with zero attached hydrogens (tertiary/aromatic N) is 1. The molecule has 0 aliphatic heterocycles. The molecule has 0 aliphatic carbocycles. The van der Waals surface area contributed by atoms with Crippen molar-refractivity contribution in [1.82, 2.24) is 4.90 Å². The maximum absolute atomic E-state index is 11.0. The average molecular weight is 251 g/mol. The van der Waals surface area contributed by atoms with Crippen molar-refractivity contribution in [3.63, 3.8) is 0 Å². The van der Waals surface area contributed by atoms with E-state index in [1.165, 1.54) is 0 Å². The molecule has 1 amide bonds. The Hall–Kier alpha value is -1.75. The highest BCUT2D eigenvalue weighted by Gasteiger charge is 2.09. The number of rotatable bonds is 7. The Kier molecular flexibility index (Phi) is 5.45. The summed E-state index contributed by atoms with van der Waals surface area (Å²) in [5, 5.41) is 9.35. The Morgan fingerprint density at radius 3 is 2.72 bits per heavy atom. The smallest absolute Gasteiger partial charge is 0.231 e. The van der Waals surface area contributed by atoms with Crippen molar-refractivity contribution in [2.75, 3.05) is 18.8 Å². The highest BCUT2D eigenvalue weighted by molar-refractivity contribution is 5.75. The molecular weight excluding hydrogens is 230 g/mol. The van der Waals surface area contributed by atoms with Gasteiger partial charge in [0.1, 0.15) is 5.75 Å². The van der Waals surface area contributed by atoms with Crippen molar-refractivity contribution in [2.45, 2.75) is 26.3 Å². The van der Waals surface area contributed by atoms with Gasteiger partial charge in [-0.1, -0.05) is 19.4 Å². The number of nitrogen functional groups attached to an aromatic ring is 1. The predicted molar refractivity (Wildman–Crippen MR) is 71.9 cm³/mol. The van der Waals surface area contributed by atoms with Crippen LogP contribution in [0, 0.1) is 0 Å². The molecule has 0 aromatic heterocycles. The molecule has 1 aromatic carbocycles. The zero-order valence-electron chi connectivity index (χ0n) is 10.7. The molecule has 5 N–H and O–H groups in total. The number of phenols is 1. The number of aromatic hydroxyl groups is 1. The first-order valence-electron chi connectivity index (χ1n) is 6.11. The summed E-state index contributed by atoms with van der Waals surface area (Å²) in [5.41, 5.74) is 12.2. The number of primary amides is 1.